The SMILES string of the molecule is CC(C)(C)C(=O)NCC(=O)N1CCC(C(=O)Nc2ccccc2)CC1. The van der Waals surface area contributed by atoms with E-state index in [-0.39, 0.29) is 30.2 Å². The zero-order valence-corrected chi connectivity index (χ0v) is 15.2. The second-order valence-electron chi connectivity index (χ2n) is 7.44. The molecule has 1 aliphatic rings. The van der Waals surface area contributed by atoms with E-state index in [1.165, 1.54) is 0 Å². The van der Waals surface area contributed by atoms with Crippen LogP contribution in [0.15, 0.2) is 30.3 Å². The van der Waals surface area contributed by atoms with Crippen LogP contribution in [0.2, 0.25) is 0 Å². The molecule has 1 aromatic rings. The number of anilines is 1. The van der Waals surface area contributed by atoms with E-state index in [1.54, 1.807) is 4.90 Å². The molecular weight excluding hydrogens is 318 g/mol. The highest BCUT2D eigenvalue weighted by atomic mass is 16.2. The fourth-order valence-corrected chi connectivity index (χ4v) is 2.69. The summed E-state index contributed by atoms with van der Waals surface area (Å²) in [7, 11) is 0. The minimum Gasteiger partial charge on any atom is -0.347 e. The molecular formula is C19H27N3O3. The normalized spacial score (nSPS) is 15.6. The van der Waals surface area contributed by atoms with Crippen LogP contribution >= 0.6 is 0 Å². The van der Waals surface area contributed by atoms with Crippen molar-refractivity contribution in [2.75, 3.05) is 25.0 Å². The molecule has 0 radical (unpaired) electrons. The highest BCUT2D eigenvalue weighted by Crippen LogP contribution is 2.19. The van der Waals surface area contributed by atoms with Crippen molar-refractivity contribution in [3.63, 3.8) is 0 Å². The minimum atomic E-state index is -0.511. The lowest BCUT2D eigenvalue weighted by Gasteiger charge is -2.31. The molecule has 136 valence electrons. The molecule has 1 heterocycles. The Kier molecular flexibility index (Phi) is 6.17. The molecule has 2 rings (SSSR count). The summed E-state index contributed by atoms with van der Waals surface area (Å²) < 4.78 is 0. The van der Waals surface area contributed by atoms with Crippen molar-refractivity contribution in [2.45, 2.75) is 33.6 Å². The van der Waals surface area contributed by atoms with E-state index >= 15 is 0 Å². The van der Waals surface area contributed by atoms with Gasteiger partial charge in [-0.3, -0.25) is 14.4 Å². The third-order valence-electron chi connectivity index (χ3n) is 4.34. The van der Waals surface area contributed by atoms with Crippen molar-refractivity contribution in [3.05, 3.63) is 30.3 Å². The monoisotopic (exact) mass is 345 g/mol. The van der Waals surface area contributed by atoms with E-state index in [1.807, 2.05) is 51.1 Å². The molecule has 6 nitrogen and oxygen atoms in total. The Hall–Kier alpha value is -2.37. The van der Waals surface area contributed by atoms with Gasteiger partial charge in [0, 0.05) is 30.1 Å². The highest BCUT2D eigenvalue weighted by molar-refractivity contribution is 5.93. The maximum Gasteiger partial charge on any atom is 0.241 e. The van der Waals surface area contributed by atoms with Gasteiger partial charge in [-0.05, 0) is 25.0 Å². The van der Waals surface area contributed by atoms with Crippen LogP contribution in [0.5, 0.6) is 0 Å². The number of nitrogens with zero attached hydrogens (tertiary/aromatic N) is 1. The van der Waals surface area contributed by atoms with Crippen LogP contribution in [0.3, 0.4) is 0 Å². The van der Waals surface area contributed by atoms with Gasteiger partial charge in [-0.15, -0.1) is 0 Å². The van der Waals surface area contributed by atoms with Crippen molar-refractivity contribution in [1.29, 1.82) is 0 Å². The first-order chi connectivity index (χ1) is 11.8. The summed E-state index contributed by atoms with van der Waals surface area (Å²) in [6.07, 6.45) is 1.27. The van der Waals surface area contributed by atoms with E-state index in [4.69, 9.17) is 0 Å². The first kappa shape index (κ1) is 19.0. The first-order valence-corrected chi connectivity index (χ1v) is 8.69. The molecule has 0 spiro atoms. The molecule has 2 N–H and O–H groups in total. The predicted octanol–water partition coefficient (Wildman–Crippen LogP) is 2.03. The van der Waals surface area contributed by atoms with Crippen LogP contribution in [0.1, 0.15) is 33.6 Å². The number of piperidine rings is 1. The maximum atomic E-state index is 12.3. The number of hydrogen-bond donors (Lipinski definition) is 2. The van der Waals surface area contributed by atoms with Crippen molar-refractivity contribution in [2.24, 2.45) is 11.3 Å². The smallest absolute Gasteiger partial charge is 0.241 e. The quantitative estimate of drug-likeness (QED) is 0.876. The minimum absolute atomic E-state index is 0.000616. The number of para-hydroxylation sites is 1. The molecule has 3 amide bonds. The summed E-state index contributed by atoms with van der Waals surface area (Å²) in [4.78, 5) is 38.1. The molecule has 1 aromatic carbocycles. The summed E-state index contributed by atoms with van der Waals surface area (Å²) in [6.45, 7) is 6.52. The van der Waals surface area contributed by atoms with Gasteiger partial charge in [0.15, 0.2) is 0 Å². The van der Waals surface area contributed by atoms with Gasteiger partial charge in [-0.25, -0.2) is 0 Å². The molecule has 1 saturated heterocycles. The summed E-state index contributed by atoms with van der Waals surface area (Å²) in [5.74, 6) is -0.328. The summed E-state index contributed by atoms with van der Waals surface area (Å²) in [5.41, 5.74) is 0.277. The maximum absolute atomic E-state index is 12.3. The number of nitrogens with one attached hydrogen (secondary N) is 2. The van der Waals surface area contributed by atoms with E-state index in [0.29, 0.717) is 25.9 Å². The zero-order chi connectivity index (χ0) is 18.4. The molecule has 1 aliphatic heterocycles. The molecule has 0 saturated carbocycles. The van der Waals surface area contributed by atoms with Gasteiger partial charge < -0.3 is 15.5 Å². The topological polar surface area (TPSA) is 78.5 Å². The number of carbonyl (C=O) groups is 3. The molecule has 0 aromatic heterocycles. The average Bonchev–Trinajstić information content (AvgIpc) is 2.59. The second kappa shape index (κ2) is 8.14. The van der Waals surface area contributed by atoms with Crippen LogP contribution < -0.4 is 10.6 Å². The van der Waals surface area contributed by atoms with Gasteiger partial charge in [0.25, 0.3) is 0 Å². The number of rotatable bonds is 4. The Morgan fingerprint density at radius 2 is 1.68 bits per heavy atom. The number of hydrogen-bond acceptors (Lipinski definition) is 3. The summed E-state index contributed by atoms with van der Waals surface area (Å²) in [5, 5.41) is 5.59. The van der Waals surface area contributed by atoms with Crippen molar-refractivity contribution in [1.82, 2.24) is 10.2 Å². The molecule has 0 aliphatic carbocycles. The molecule has 6 heteroatoms. The highest BCUT2D eigenvalue weighted by Gasteiger charge is 2.28. The van der Waals surface area contributed by atoms with Gasteiger partial charge in [0.1, 0.15) is 0 Å². The standard InChI is InChI=1S/C19H27N3O3/c1-19(2,3)18(25)20-13-16(23)22-11-9-14(10-12-22)17(24)21-15-7-5-4-6-8-15/h4-8,14H,9-13H2,1-3H3,(H,20,25)(H,21,24). The Morgan fingerprint density at radius 3 is 2.24 bits per heavy atom. The number of benzene rings is 1. The van der Waals surface area contributed by atoms with Crippen molar-refractivity contribution < 1.29 is 14.4 Å². The fraction of sp³-hybridized carbons (Fsp3) is 0.526. The van der Waals surface area contributed by atoms with Gasteiger partial charge in [-0.1, -0.05) is 39.0 Å². The average molecular weight is 345 g/mol. The lowest BCUT2D eigenvalue weighted by atomic mass is 9.95. The van der Waals surface area contributed by atoms with Gasteiger partial charge in [0.2, 0.25) is 17.7 Å². The Bertz CT molecular complexity index is 615. The molecule has 0 bridgehead atoms. The molecule has 1 fully saturated rings. The first-order valence-electron chi connectivity index (χ1n) is 8.69. The third kappa shape index (κ3) is 5.59. The van der Waals surface area contributed by atoms with Crippen LogP contribution in [0, 0.1) is 11.3 Å². The molecule has 25 heavy (non-hydrogen) atoms. The number of amides is 3. The van der Waals surface area contributed by atoms with Gasteiger partial charge in [-0.2, -0.15) is 0 Å². The Labute approximate surface area is 149 Å². The number of carbonyl (C=O) groups excluding carboxylic acids is 3. The van der Waals surface area contributed by atoms with E-state index in [2.05, 4.69) is 10.6 Å². The van der Waals surface area contributed by atoms with Crippen molar-refractivity contribution >= 4 is 23.4 Å². The van der Waals surface area contributed by atoms with E-state index < -0.39 is 5.41 Å². The summed E-state index contributed by atoms with van der Waals surface area (Å²) >= 11 is 0. The van der Waals surface area contributed by atoms with Gasteiger partial charge in [0.05, 0.1) is 6.54 Å². The molecule has 0 atom stereocenters. The summed E-state index contributed by atoms with van der Waals surface area (Å²) in [6, 6.07) is 9.37. The Balaban J connectivity index is 1.76. The number of likely N-dealkylation sites (tertiary alicyclic amines) is 1. The zero-order valence-electron chi connectivity index (χ0n) is 15.2. The van der Waals surface area contributed by atoms with Crippen LogP contribution in [0.25, 0.3) is 0 Å². The van der Waals surface area contributed by atoms with Crippen LogP contribution in [0.4, 0.5) is 5.69 Å². The van der Waals surface area contributed by atoms with Gasteiger partial charge >= 0.3 is 0 Å². The second-order valence-corrected chi connectivity index (χ2v) is 7.44. The third-order valence-corrected chi connectivity index (χ3v) is 4.34. The van der Waals surface area contributed by atoms with Crippen LogP contribution in [-0.4, -0.2) is 42.3 Å². The lowest BCUT2D eigenvalue weighted by molar-refractivity contribution is -0.136. The fourth-order valence-electron chi connectivity index (χ4n) is 2.69. The Morgan fingerprint density at radius 1 is 1.08 bits per heavy atom. The molecule has 0 unspecified atom stereocenters. The van der Waals surface area contributed by atoms with E-state index in [9.17, 15) is 14.4 Å². The lowest BCUT2D eigenvalue weighted by Crippen LogP contribution is -2.47. The predicted molar refractivity (Wildman–Crippen MR) is 96.8 cm³/mol. The van der Waals surface area contributed by atoms with E-state index in [0.717, 1.165) is 5.69 Å². The van der Waals surface area contributed by atoms with Crippen LogP contribution in [-0.2, 0) is 14.4 Å². The van der Waals surface area contributed by atoms with Crippen molar-refractivity contribution in [3.8, 4) is 0 Å². The largest absolute Gasteiger partial charge is 0.347 e.